The summed E-state index contributed by atoms with van der Waals surface area (Å²) in [6.45, 7) is 0. The molecule has 0 saturated carbocycles. The van der Waals surface area contributed by atoms with Crippen molar-refractivity contribution in [3.8, 4) is 11.5 Å². The number of nitrogens with one attached hydrogen (secondary N) is 1. The molecule has 0 aromatic heterocycles. The summed E-state index contributed by atoms with van der Waals surface area (Å²) in [7, 11) is 3.04. The van der Waals surface area contributed by atoms with Crippen LogP contribution in [0.3, 0.4) is 0 Å². The number of hydrogen-bond acceptors (Lipinski definition) is 5. The molecule has 0 spiro atoms. The van der Waals surface area contributed by atoms with Gasteiger partial charge in [0.25, 0.3) is 0 Å². The number of benzene rings is 1. The first-order valence-corrected chi connectivity index (χ1v) is 7.45. The molecule has 2 heterocycles. The van der Waals surface area contributed by atoms with Crippen molar-refractivity contribution in [2.45, 2.75) is 25.0 Å². The third-order valence-electron chi connectivity index (χ3n) is 4.48. The number of carbonyl (C=O) groups is 2. The van der Waals surface area contributed by atoms with E-state index < -0.39 is 17.8 Å². The monoisotopic (exact) mass is 321 g/mol. The third-order valence-corrected chi connectivity index (χ3v) is 4.48. The normalized spacial score (nSPS) is 28.4. The summed E-state index contributed by atoms with van der Waals surface area (Å²) in [6, 6.07) is 5.00. The molecule has 4 atom stereocenters. The molecule has 1 aromatic carbocycles. The predicted octanol–water partition coefficient (Wildman–Crippen LogP) is 1.52. The van der Waals surface area contributed by atoms with E-state index in [2.05, 4.69) is 5.32 Å². The van der Waals surface area contributed by atoms with Crippen LogP contribution in [0.1, 0.15) is 12.8 Å². The van der Waals surface area contributed by atoms with E-state index in [4.69, 9.17) is 14.2 Å². The second-order valence-corrected chi connectivity index (χ2v) is 5.77. The SMILES string of the molecule is COc1cc(NC(=O)[C@@H]2[C@@H](C(=O)O)[C@@H]3CC[C@@H]2O3)cc(OC)c1. The van der Waals surface area contributed by atoms with E-state index in [9.17, 15) is 14.7 Å². The lowest BCUT2D eigenvalue weighted by atomic mass is 9.78. The van der Waals surface area contributed by atoms with Crippen molar-refractivity contribution < 1.29 is 28.9 Å². The largest absolute Gasteiger partial charge is 0.497 e. The van der Waals surface area contributed by atoms with Crippen molar-refractivity contribution >= 4 is 17.6 Å². The molecular formula is C16H19NO6. The number of carboxylic acid groups (broad SMARTS) is 1. The van der Waals surface area contributed by atoms with Gasteiger partial charge in [0.05, 0.1) is 38.3 Å². The molecule has 1 aromatic rings. The number of hydrogen-bond donors (Lipinski definition) is 2. The Morgan fingerprint density at radius 2 is 1.65 bits per heavy atom. The molecule has 0 aliphatic carbocycles. The van der Waals surface area contributed by atoms with Crippen LogP contribution in [-0.4, -0.2) is 43.4 Å². The van der Waals surface area contributed by atoms with Crippen LogP contribution >= 0.6 is 0 Å². The molecule has 2 fully saturated rings. The van der Waals surface area contributed by atoms with Gasteiger partial charge in [0.2, 0.25) is 5.91 Å². The maximum Gasteiger partial charge on any atom is 0.310 e. The van der Waals surface area contributed by atoms with Gasteiger partial charge in [0, 0.05) is 23.9 Å². The molecule has 1 amide bonds. The Labute approximate surface area is 133 Å². The fourth-order valence-corrected chi connectivity index (χ4v) is 3.43. The van der Waals surface area contributed by atoms with Crippen molar-refractivity contribution in [3.05, 3.63) is 18.2 Å². The number of anilines is 1. The van der Waals surface area contributed by atoms with Crippen molar-refractivity contribution in [2.75, 3.05) is 19.5 Å². The highest BCUT2D eigenvalue weighted by Gasteiger charge is 2.55. The number of fused-ring (bicyclic) bond motifs is 2. The number of rotatable bonds is 5. The van der Waals surface area contributed by atoms with Gasteiger partial charge in [0.1, 0.15) is 11.5 Å². The van der Waals surface area contributed by atoms with Gasteiger partial charge in [-0.05, 0) is 12.8 Å². The lowest BCUT2D eigenvalue weighted by Gasteiger charge is -2.24. The molecule has 0 unspecified atom stereocenters. The Bertz CT molecular complexity index is 609. The van der Waals surface area contributed by atoms with Crippen molar-refractivity contribution in [2.24, 2.45) is 11.8 Å². The zero-order valence-corrected chi connectivity index (χ0v) is 12.9. The molecule has 2 aliphatic rings. The Hall–Kier alpha value is -2.28. The van der Waals surface area contributed by atoms with Crippen LogP contribution in [0.25, 0.3) is 0 Å². The standard InChI is InChI=1S/C16H19NO6/c1-21-9-5-8(6-10(7-9)22-2)17-15(18)13-11-3-4-12(23-11)14(13)16(19)20/h5-7,11-14H,3-4H2,1-2H3,(H,17,18)(H,19,20)/t11-,12-,13-,14-/m0/s1. The second-order valence-electron chi connectivity index (χ2n) is 5.77. The van der Waals surface area contributed by atoms with E-state index >= 15 is 0 Å². The van der Waals surface area contributed by atoms with Crippen LogP contribution in [0.15, 0.2) is 18.2 Å². The highest BCUT2D eigenvalue weighted by molar-refractivity contribution is 5.96. The molecule has 2 aliphatic heterocycles. The molecule has 2 N–H and O–H groups in total. The lowest BCUT2D eigenvalue weighted by Crippen LogP contribution is -2.40. The van der Waals surface area contributed by atoms with Crippen LogP contribution in [0.2, 0.25) is 0 Å². The first-order chi connectivity index (χ1) is 11.0. The summed E-state index contributed by atoms with van der Waals surface area (Å²) >= 11 is 0. The van der Waals surface area contributed by atoms with Gasteiger partial charge in [0.15, 0.2) is 0 Å². The van der Waals surface area contributed by atoms with E-state index in [1.54, 1.807) is 18.2 Å². The number of carboxylic acids is 1. The number of methoxy groups -OCH3 is 2. The van der Waals surface area contributed by atoms with Gasteiger partial charge in [-0.25, -0.2) is 0 Å². The maximum absolute atomic E-state index is 12.6. The average molecular weight is 321 g/mol. The zero-order chi connectivity index (χ0) is 16.6. The molecule has 7 nitrogen and oxygen atoms in total. The van der Waals surface area contributed by atoms with Gasteiger partial charge >= 0.3 is 5.97 Å². The fraction of sp³-hybridized carbons (Fsp3) is 0.500. The average Bonchev–Trinajstić information content (AvgIpc) is 3.15. The summed E-state index contributed by atoms with van der Waals surface area (Å²) < 4.78 is 15.9. The summed E-state index contributed by atoms with van der Waals surface area (Å²) in [5.74, 6) is -1.72. The van der Waals surface area contributed by atoms with Crippen LogP contribution in [0.4, 0.5) is 5.69 Å². The Balaban J connectivity index is 1.80. The minimum atomic E-state index is -0.986. The second kappa shape index (κ2) is 6.08. The minimum absolute atomic E-state index is 0.325. The quantitative estimate of drug-likeness (QED) is 0.854. The van der Waals surface area contributed by atoms with E-state index in [1.807, 2.05) is 0 Å². The molecule has 2 bridgehead atoms. The van der Waals surface area contributed by atoms with Crippen LogP contribution < -0.4 is 14.8 Å². The lowest BCUT2D eigenvalue weighted by molar-refractivity contribution is -0.147. The summed E-state index contributed by atoms with van der Waals surface area (Å²) in [4.78, 5) is 24.0. The summed E-state index contributed by atoms with van der Waals surface area (Å²) in [5.41, 5.74) is 0.498. The number of aliphatic carboxylic acids is 1. The summed E-state index contributed by atoms with van der Waals surface area (Å²) in [6.07, 6.45) is 0.716. The first-order valence-electron chi connectivity index (χ1n) is 7.45. The van der Waals surface area contributed by atoms with Crippen LogP contribution in [-0.2, 0) is 14.3 Å². The molecule has 0 radical (unpaired) electrons. The van der Waals surface area contributed by atoms with Crippen molar-refractivity contribution in [1.29, 1.82) is 0 Å². The minimum Gasteiger partial charge on any atom is -0.497 e. The first kappa shape index (κ1) is 15.6. The number of amides is 1. The smallest absolute Gasteiger partial charge is 0.310 e. The zero-order valence-electron chi connectivity index (χ0n) is 12.9. The van der Waals surface area contributed by atoms with E-state index in [-0.39, 0.29) is 18.1 Å². The molecule has 3 rings (SSSR count). The molecule has 23 heavy (non-hydrogen) atoms. The van der Waals surface area contributed by atoms with Gasteiger partial charge in [-0.2, -0.15) is 0 Å². The number of carbonyl (C=O) groups excluding carboxylic acids is 1. The Kier molecular flexibility index (Phi) is 4.12. The van der Waals surface area contributed by atoms with E-state index in [0.717, 1.165) is 0 Å². The van der Waals surface area contributed by atoms with E-state index in [0.29, 0.717) is 30.0 Å². The summed E-state index contributed by atoms with van der Waals surface area (Å²) in [5, 5.41) is 12.1. The van der Waals surface area contributed by atoms with Gasteiger partial charge in [-0.3, -0.25) is 9.59 Å². The van der Waals surface area contributed by atoms with Gasteiger partial charge < -0.3 is 24.6 Å². The molecule has 124 valence electrons. The molecule has 2 saturated heterocycles. The highest BCUT2D eigenvalue weighted by atomic mass is 16.5. The van der Waals surface area contributed by atoms with Crippen LogP contribution in [0.5, 0.6) is 11.5 Å². The number of ether oxygens (including phenoxy) is 3. The maximum atomic E-state index is 12.6. The predicted molar refractivity (Wildman–Crippen MR) is 80.7 cm³/mol. The Morgan fingerprint density at radius 3 is 2.17 bits per heavy atom. The molecule has 7 heteroatoms. The topological polar surface area (TPSA) is 94.1 Å². The molecular weight excluding hydrogens is 302 g/mol. The van der Waals surface area contributed by atoms with Crippen molar-refractivity contribution in [3.63, 3.8) is 0 Å². The van der Waals surface area contributed by atoms with Gasteiger partial charge in [-0.1, -0.05) is 0 Å². The fourth-order valence-electron chi connectivity index (χ4n) is 3.43. The van der Waals surface area contributed by atoms with Crippen molar-refractivity contribution in [1.82, 2.24) is 0 Å². The third kappa shape index (κ3) is 2.84. The van der Waals surface area contributed by atoms with Crippen LogP contribution in [0, 0.1) is 11.8 Å². The Morgan fingerprint density at radius 1 is 1.09 bits per heavy atom. The van der Waals surface area contributed by atoms with Gasteiger partial charge in [-0.15, -0.1) is 0 Å². The highest BCUT2D eigenvalue weighted by Crippen LogP contribution is 2.44. The van der Waals surface area contributed by atoms with E-state index in [1.165, 1.54) is 14.2 Å².